The van der Waals surface area contributed by atoms with Gasteiger partial charge in [-0.1, -0.05) is 36.0 Å². The maximum Gasteiger partial charge on any atom is 0.339 e. The minimum absolute atomic E-state index is 0.0320. The monoisotopic (exact) mass is 413 g/mol. The van der Waals surface area contributed by atoms with E-state index in [2.05, 4.69) is 15.5 Å². The van der Waals surface area contributed by atoms with Gasteiger partial charge in [-0.2, -0.15) is 0 Å². The van der Waals surface area contributed by atoms with Gasteiger partial charge in [0.05, 0.1) is 36.3 Å². The zero-order valence-corrected chi connectivity index (χ0v) is 16.7. The van der Waals surface area contributed by atoms with E-state index in [-0.39, 0.29) is 22.4 Å². The molecule has 29 heavy (non-hydrogen) atoms. The fraction of sp³-hybridized carbons (Fsp3) is 0.200. The molecule has 150 valence electrons. The molecular weight excluding hydrogens is 394 g/mol. The molecular formula is C20H19N3O5S. The standard InChI is InChI=1S/C20H19N3O5S/c1-3-27-16-11-7-5-9-14(16)18-22-23-20(28-18)29-12-17(24)21-15-10-6-4-8-13(15)19(25)26-2/h4-11H,3,12H2,1-2H3,(H,21,24). The number of benzene rings is 2. The van der Waals surface area contributed by atoms with Crippen molar-refractivity contribution in [2.45, 2.75) is 12.1 Å². The van der Waals surface area contributed by atoms with Crippen LogP contribution in [-0.2, 0) is 9.53 Å². The van der Waals surface area contributed by atoms with Crippen LogP contribution in [0.4, 0.5) is 5.69 Å². The van der Waals surface area contributed by atoms with Crippen LogP contribution in [-0.4, -0.2) is 41.5 Å². The summed E-state index contributed by atoms with van der Waals surface area (Å²) in [6, 6.07) is 14.0. The highest BCUT2D eigenvalue weighted by molar-refractivity contribution is 7.99. The van der Waals surface area contributed by atoms with Crippen molar-refractivity contribution < 1.29 is 23.5 Å². The Morgan fingerprint density at radius 1 is 1.10 bits per heavy atom. The van der Waals surface area contributed by atoms with E-state index in [0.29, 0.717) is 29.5 Å². The lowest BCUT2D eigenvalue weighted by Crippen LogP contribution is -2.17. The minimum atomic E-state index is -0.525. The van der Waals surface area contributed by atoms with Crippen molar-refractivity contribution in [3.8, 4) is 17.2 Å². The van der Waals surface area contributed by atoms with Gasteiger partial charge in [-0.15, -0.1) is 10.2 Å². The predicted octanol–water partition coefficient (Wildman–Crippen LogP) is 3.65. The summed E-state index contributed by atoms with van der Waals surface area (Å²) in [5, 5.41) is 10.9. The summed E-state index contributed by atoms with van der Waals surface area (Å²) in [5.41, 5.74) is 1.34. The summed E-state index contributed by atoms with van der Waals surface area (Å²) in [7, 11) is 1.29. The number of carbonyl (C=O) groups is 2. The third-order valence-electron chi connectivity index (χ3n) is 3.76. The summed E-state index contributed by atoms with van der Waals surface area (Å²) in [6.45, 7) is 2.41. The first-order valence-electron chi connectivity index (χ1n) is 8.78. The summed E-state index contributed by atoms with van der Waals surface area (Å²) in [6.07, 6.45) is 0. The Hall–Kier alpha value is -3.33. The van der Waals surface area contributed by atoms with Gasteiger partial charge >= 0.3 is 5.97 Å². The molecule has 0 fully saturated rings. The maximum absolute atomic E-state index is 12.3. The first-order valence-corrected chi connectivity index (χ1v) is 9.76. The molecule has 1 amide bonds. The Kier molecular flexibility index (Phi) is 6.85. The van der Waals surface area contributed by atoms with Crippen LogP contribution >= 0.6 is 11.8 Å². The second-order valence-electron chi connectivity index (χ2n) is 5.68. The van der Waals surface area contributed by atoms with Gasteiger partial charge in [-0.3, -0.25) is 4.79 Å². The molecule has 0 aliphatic carbocycles. The van der Waals surface area contributed by atoms with Gasteiger partial charge in [0.15, 0.2) is 0 Å². The second-order valence-corrected chi connectivity index (χ2v) is 6.60. The number of aromatic nitrogens is 2. The molecule has 0 radical (unpaired) electrons. The van der Waals surface area contributed by atoms with Gasteiger partial charge in [0, 0.05) is 0 Å². The van der Waals surface area contributed by atoms with Crippen LogP contribution in [0.15, 0.2) is 58.2 Å². The molecule has 1 heterocycles. The van der Waals surface area contributed by atoms with Crippen LogP contribution in [0.25, 0.3) is 11.5 Å². The summed E-state index contributed by atoms with van der Waals surface area (Å²) < 4.78 is 15.9. The molecule has 2 aromatic carbocycles. The quantitative estimate of drug-likeness (QED) is 0.441. The van der Waals surface area contributed by atoms with E-state index in [1.165, 1.54) is 7.11 Å². The van der Waals surface area contributed by atoms with Crippen LogP contribution in [0.2, 0.25) is 0 Å². The molecule has 3 rings (SSSR count). The summed E-state index contributed by atoms with van der Waals surface area (Å²) in [5.74, 6) is 0.147. The number of para-hydroxylation sites is 2. The zero-order valence-electron chi connectivity index (χ0n) is 15.9. The highest BCUT2D eigenvalue weighted by atomic mass is 32.2. The van der Waals surface area contributed by atoms with Crippen LogP contribution in [0, 0.1) is 0 Å². The SMILES string of the molecule is CCOc1ccccc1-c1nnc(SCC(=O)Nc2ccccc2C(=O)OC)o1. The highest BCUT2D eigenvalue weighted by Crippen LogP contribution is 2.30. The molecule has 0 unspecified atom stereocenters. The lowest BCUT2D eigenvalue weighted by Gasteiger charge is -2.08. The number of esters is 1. The average molecular weight is 413 g/mol. The van der Waals surface area contributed by atoms with Crippen molar-refractivity contribution in [2.24, 2.45) is 0 Å². The molecule has 1 aromatic heterocycles. The summed E-state index contributed by atoms with van der Waals surface area (Å²) in [4.78, 5) is 24.1. The number of hydrogen-bond acceptors (Lipinski definition) is 8. The van der Waals surface area contributed by atoms with Gasteiger partial charge in [-0.05, 0) is 31.2 Å². The van der Waals surface area contributed by atoms with E-state index in [0.717, 1.165) is 11.8 Å². The number of nitrogens with zero attached hydrogens (tertiary/aromatic N) is 2. The first kappa shape index (κ1) is 20.4. The second kappa shape index (κ2) is 9.74. The van der Waals surface area contributed by atoms with Crippen LogP contribution in [0.1, 0.15) is 17.3 Å². The highest BCUT2D eigenvalue weighted by Gasteiger charge is 2.16. The third kappa shape index (κ3) is 5.14. The van der Waals surface area contributed by atoms with Crippen LogP contribution < -0.4 is 10.1 Å². The van der Waals surface area contributed by atoms with Crippen molar-refractivity contribution >= 4 is 29.3 Å². The van der Waals surface area contributed by atoms with E-state index in [4.69, 9.17) is 13.9 Å². The maximum atomic E-state index is 12.3. The smallest absolute Gasteiger partial charge is 0.339 e. The Labute approximate surface area is 171 Å². The topological polar surface area (TPSA) is 104 Å². The minimum Gasteiger partial charge on any atom is -0.493 e. The van der Waals surface area contributed by atoms with Gasteiger partial charge in [0.1, 0.15) is 5.75 Å². The molecule has 3 aromatic rings. The number of nitrogens with one attached hydrogen (secondary N) is 1. The Morgan fingerprint density at radius 3 is 2.66 bits per heavy atom. The number of anilines is 1. The molecule has 0 aliphatic rings. The van der Waals surface area contributed by atoms with Crippen molar-refractivity contribution in [2.75, 3.05) is 24.8 Å². The number of thioether (sulfide) groups is 1. The lowest BCUT2D eigenvalue weighted by atomic mass is 10.2. The van der Waals surface area contributed by atoms with Crippen molar-refractivity contribution in [3.63, 3.8) is 0 Å². The largest absolute Gasteiger partial charge is 0.493 e. The Bertz CT molecular complexity index is 1010. The van der Waals surface area contributed by atoms with Crippen LogP contribution in [0.5, 0.6) is 5.75 Å². The molecule has 8 nitrogen and oxygen atoms in total. The number of ether oxygens (including phenoxy) is 2. The Balaban J connectivity index is 1.64. The van der Waals surface area contributed by atoms with Gasteiger partial charge in [-0.25, -0.2) is 4.79 Å². The average Bonchev–Trinajstić information content (AvgIpc) is 3.22. The fourth-order valence-electron chi connectivity index (χ4n) is 2.50. The molecule has 0 aliphatic heterocycles. The normalized spacial score (nSPS) is 10.4. The van der Waals surface area contributed by atoms with E-state index >= 15 is 0 Å². The Morgan fingerprint density at radius 2 is 1.86 bits per heavy atom. The predicted molar refractivity (Wildman–Crippen MR) is 108 cm³/mol. The molecule has 0 bridgehead atoms. The molecule has 0 spiro atoms. The molecule has 0 atom stereocenters. The van der Waals surface area contributed by atoms with E-state index in [1.54, 1.807) is 24.3 Å². The van der Waals surface area contributed by atoms with Gasteiger partial charge < -0.3 is 19.2 Å². The first-order chi connectivity index (χ1) is 14.1. The molecule has 0 saturated carbocycles. The molecule has 1 N–H and O–H groups in total. The summed E-state index contributed by atoms with van der Waals surface area (Å²) >= 11 is 1.09. The van der Waals surface area contributed by atoms with Crippen LogP contribution in [0.3, 0.4) is 0 Å². The zero-order chi connectivity index (χ0) is 20.6. The third-order valence-corrected chi connectivity index (χ3v) is 4.58. The van der Waals surface area contributed by atoms with E-state index < -0.39 is 5.97 Å². The van der Waals surface area contributed by atoms with E-state index in [1.807, 2.05) is 31.2 Å². The van der Waals surface area contributed by atoms with Crippen molar-refractivity contribution in [3.05, 3.63) is 54.1 Å². The van der Waals surface area contributed by atoms with Crippen molar-refractivity contribution in [1.82, 2.24) is 10.2 Å². The number of rotatable bonds is 8. The van der Waals surface area contributed by atoms with Gasteiger partial charge in [0.25, 0.3) is 11.1 Å². The number of methoxy groups -OCH3 is 1. The molecule has 9 heteroatoms. The number of hydrogen-bond donors (Lipinski definition) is 1. The fourth-order valence-corrected chi connectivity index (χ4v) is 3.06. The number of carbonyl (C=O) groups excluding carboxylic acids is 2. The van der Waals surface area contributed by atoms with Crippen molar-refractivity contribution in [1.29, 1.82) is 0 Å². The molecule has 0 saturated heterocycles. The number of amides is 1. The van der Waals surface area contributed by atoms with E-state index in [9.17, 15) is 9.59 Å². The lowest BCUT2D eigenvalue weighted by molar-refractivity contribution is -0.113. The van der Waals surface area contributed by atoms with Gasteiger partial charge in [0.2, 0.25) is 5.91 Å².